The maximum absolute atomic E-state index is 5.29. The Hall–Kier alpha value is -1.95. The van der Waals surface area contributed by atoms with Gasteiger partial charge in [0.1, 0.15) is 0 Å². The predicted octanol–water partition coefficient (Wildman–Crippen LogP) is 1.93. The number of ether oxygens (including phenoxy) is 2. The van der Waals surface area contributed by atoms with Crippen LogP contribution in [0, 0.1) is 4.77 Å². The van der Waals surface area contributed by atoms with E-state index in [9.17, 15) is 0 Å². The molecule has 5 nitrogen and oxygen atoms in total. The van der Waals surface area contributed by atoms with Crippen LogP contribution in [0.1, 0.15) is 0 Å². The standard InChI is InChI=1S/C10H7N3O2S/c16-10-12-7(4-11-13-10)6-1-2-8-9(3-6)15-5-14-8/h1-4H,5H2,(H,12,13,16). The van der Waals surface area contributed by atoms with Gasteiger partial charge in [0.05, 0.1) is 11.9 Å². The molecular formula is C10H7N3O2S. The normalized spacial score (nSPS) is 12.8. The summed E-state index contributed by atoms with van der Waals surface area (Å²) in [7, 11) is 0. The van der Waals surface area contributed by atoms with E-state index in [-0.39, 0.29) is 6.79 Å². The van der Waals surface area contributed by atoms with Gasteiger partial charge in [0.15, 0.2) is 11.5 Å². The van der Waals surface area contributed by atoms with Gasteiger partial charge in [-0.1, -0.05) is 0 Å². The summed E-state index contributed by atoms with van der Waals surface area (Å²) in [4.78, 5) is 4.17. The largest absolute Gasteiger partial charge is 0.454 e. The Kier molecular flexibility index (Phi) is 2.07. The van der Waals surface area contributed by atoms with Gasteiger partial charge in [0.25, 0.3) is 0 Å². The highest BCUT2D eigenvalue weighted by Gasteiger charge is 2.14. The first-order chi connectivity index (χ1) is 7.83. The van der Waals surface area contributed by atoms with E-state index in [0.717, 1.165) is 17.1 Å². The molecule has 0 radical (unpaired) electrons. The van der Waals surface area contributed by atoms with E-state index in [1.165, 1.54) is 0 Å². The van der Waals surface area contributed by atoms with Crippen LogP contribution < -0.4 is 9.47 Å². The van der Waals surface area contributed by atoms with Crippen molar-refractivity contribution >= 4 is 12.2 Å². The molecule has 0 saturated carbocycles. The van der Waals surface area contributed by atoms with Gasteiger partial charge in [-0.25, -0.2) is 4.98 Å². The number of benzene rings is 1. The highest BCUT2D eigenvalue weighted by Crippen LogP contribution is 2.35. The average molecular weight is 233 g/mol. The molecule has 0 atom stereocenters. The quantitative estimate of drug-likeness (QED) is 0.762. The van der Waals surface area contributed by atoms with E-state index in [1.807, 2.05) is 18.2 Å². The first kappa shape index (κ1) is 9.29. The van der Waals surface area contributed by atoms with E-state index in [0.29, 0.717) is 10.5 Å². The van der Waals surface area contributed by atoms with Crippen molar-refractivity contribution in [1.82, 2.24) is 15.2 Å². The fourth-order valence-electron chi connectivity index (χ4n) is 1.51. The average Bonchev–Trinajstić information content (AvgIpc) is 2.75. The number of nitrogens with zero attached hydrogens (tertiary/aromatic N) is 2. The lowest BCUT2D eigenvalue weighted by atomic mass is 10.1. The van der Waals surface area contributed by atoms with Gasteiger partial charge in [-0.15, -0.1) is 0 Å². The minimum atomic E-state index is 0.263. The summed E-state index contributed by atoms with van der Waals surface area (Å²) in [5.74, 6) is 1.47. The maximum Gasteiger partial charge on any atom is 0.231 e. The summed E-state index contributed by atoms with van der Waals surface area (Å²) in [5.41, 5.74) is 1.61. The van der Waals surface area contributed by atoms with E-state index in [2.05, 4.69) is 15.2 Å². The van der Waals surface area contributed by atoms with Crippen molar-refractivity contribution in [2.75, 3.05) is 6.79 Å². The summed E-state index contributed by atoms with van der Waals surface area (Å²) in [6, 6.07) is 5.60. The Labute approximate surface area is 96.1 Å². The third-order valence-electron chi connectivity index (χ3n) is 2.24. The fraction of sp³-hybridized carbons (Fsp3) is 0.100. The van der Waals surface area contributed by atoms with E-state index >= 15 is 0 Å². The second kappa shape index (κ2) is 3.57. The third kappa shape index (κ3) is 1.53. The number of nitrogens with one attached hydrogen (secondary N) is 1. The molecule has 6 heteroatoms. The molecule has 1 N–H and O–H groups in total. The highest BCUT2D eigenvalue weighted by atomic mass is 32.1. The van der Waals surface area contributed by atoms with Gasteiger partial charge >= 0.3 is 0 Å². The van der Waals surface area contributed by atoms with E-state index in [4.69, 9.17) is 21.7 Å². The molecule has 16 heavy (non-hydrogen) atoms. The molecule has 0 aliphatic carbocycles. The van der Waals surface area contributed by atoms with Gasteiger partial charge < -0.3 is 9.47 Å². The van der Waals surface area contributed by atoms with Gasteiger partial charge in [-0.05, 0) is 30.4 Å². The van der Waals surface area contributed by atoms with Crippen LogP contribution in [0.15, 0.2) is 24.4 Å². The first-order valence-corrected chi connectivity index (χ1v) is 5.05. The zero-order valence-electron chi connectivity index (χ0n) is 8.14. The molecular weight excluding hydrogens is 226 g/mol. The van der Waals surface area contributed by atoms with Crippen LogP contribution in [0.2, 0.25) is 0 Å². The van der Waals surface area contributed by atoms with Gasteiger partial charge in [-0.2, -0.15) is 5.10 Å². The van der Waals surface area contributed by atoms with Crippen LogP contribution >= 0.6 is 12.2 Å². The zero-order chi connectivity index (χ0) is 11.0. The minimum Gasteiger partial charge on any atom is -0.454 e. The number of H-pyrrole nitrogens is 1. The molecule has 0 spiro atoms. The summed E-state index contributed by atoms with van der Waals surface area (Å²) in [6.45, 7) is 0.263. The number of hydrogen-bond acceptors (Lipinski definition) is 5. The van der Waals surface area contributed by atoms with Crippen molar-refractivity contribution in [3.8, 4) is 22.8 Å². The highest BCUT2D eigenvalue weighted by molar-refractivity contribution is 7.71. The summed E-state index contributed by atoms with van der Waals surface area (Å²) < 4.78 is 10.9. The molecule has 0 saturated heterocycles. The van der Waals surface area contributed by atoms with Crippen molar-refractivity contribution in [2.24, 2.45) is 0 Å². The van der Waals surface area contributed by atoms with Crippen LogP contribution in [-0.4, -0.2) is 22.0 Å². The van der Waals surface area contributed by atoms with Crippen molar-refractivity contribution in [3.05, 3.63) is 29.2 Å². The van der Waals surface area contributed by atoms with Crippen molar-refractivity contribution in [2.45, 2.75) is 0 Å². The molecule has 1 aliphatic heterocycles. The molecule has 1 aliphatic rings. The first-order valence-electron chi connectivity index (χ1n) is 4.65. The molecule has 2 aromatic rings. The molecule has 2 heterocycles. The molecule has 0 fully saturated rings. The van der Waals surface area contributed by atoms with Crippen LogP contribution in [0.25, 0.3) is 11.3 Å². The number of aromatic nitrogens is 3. The lowest BCUT2D eigenvalue weighted by Crippen LogP contribution is -1.93. The summed E-state index contributed by atoms with van der Waals surface area (Å²) in [6.07, 6.45) is 1.62. The Morgan fingerprint density at radius 1 is 1.25 bits per heavy atom. The lowest BCUT2D eigenvalue weighted by molar-refractivity contribution is 0.174. The topological polar surface area (TPSA) is 60.0 Å². The summed E-state index contributed by atoms with van der Waals surface area (Å²) in [5, 5.41) is 6.48. The van der Waals surface area contributed by atoms with Crippen LogP contribution in [0.4, 0.5) is 0 Å². The monoisotopic (exact) mass is 233 g/mol. The van der Waals surface area contributed by atoms with Crippen LogP contribution in [0.5, 0.6) is 11.5 Å². The molecule has 80 valence electrons. The SMILES string of the molecule is S=c1nc(-c2ccc3c(c2)OCO3)cn[nH]1. The van der Waals surface area contributed by atoms with Crippen molar-refractivity contribution in [1.29, 1.82) is 0 Å². The van der Waals surface area contributed by atoms with Crippen LogP contribution in [-0.2, 0) is 0 Å². The minimum absolute atomic E-state index is 0.263. The smallest absolute Gasteiger partial charge is 0.231 e. The second-order valence-electron chi connectivity index (χ2n) is 3.24. The molecule has 1 aromatic carbocycles. The Morgan fingerprint density at radius 3 is 3.00 bits per heavy atom. The molecule has 0 unspecified atom stereocenters. The number of fused-ring (bicyclic) bond motifs is 1. The molecule has 0 amide bonds. The summed E-state index contributed by atoms with van der Waals surface area (Å²) >= 11 is 4.91. The molecule has 1 aromatic heterocycles. The number of aromatic amines is 1. The lowest BCUT2D eigenvalue weighted by Gasteiger charge is -2.01. The maximum atomic E-state index is 5.29. The Balaban J connectivity index is 2.10. The van der Waals surface area contributed by atoms with Gasteiger partial charge in [0, 0.05) is 5.56 Å². The molecule has 3 rings (SSSR count). The third-order valence-corrected chi connectivity index (χ3v) is 2.42. The van der Waals surface area contributed by atoms with E-state index < -0.39 is 0 Å². The van der Waals surface area contributed by atoms with Crippen molar-refractivity contribution < 1.29 is 9.47 Å². The number of hydrogen-bond donors (Lipinski definition) is 1. The van der Waals surface area contributed by atoms with Crippen molar-refractivity contribution in [3.63, 3.8) is 0 Å². The van der Waals surface area contributed by atoms with E-state index in [1.54, 1.807) is 6.20 Å². The molecule has 0 bridgehead atoms. The second-order valence-corrected chi connectivity index (χ2v) is 3.63. The van der Waals surface area contributed by atoms with Gasteiger partial charge in [0.2, 0.25) is 11.6 Å². The fourth-order valence-corrected chi connectivity index (χ4v) is 1.66. The predicted molar refractivity (Wildman–Crippen MR) is 58.8 cm³/mol. The van der Waals surface area contributed by atoms with Crippen LogP contribution in [0.3, 0.4) is 0 Å². The zero-order valence-corrected chi connectivity index (χ0v) is 8.95. The Bertz CT molecular complexity index is 597. The Morgan fingerprint density at radius 2 is 2.12 bits per heavy atom. The van der Waals surface area contributed by atoms with Gasteiger partial charge in [-0.3, -0.25) is 5.10 Å². The number of rotatable bonds is 1.